The van der Waals surface area contributed by atoms with E-state index in [1.807, 2.05) is 42.6 Å². The molecule has 6 aromatic carbocycles. The van der Waals surface area contributed by atoms with Crippen molar-refractivity contribution in [1.29, 1.82) is 0 Å². The molecular weight excluding hydrogens is 613 g/mol. The maximum Gasteiger partial charge on any atom is 0.238 e. The Bertz CT molecular complexity index is 3050. The Morgan fingerprint density at radius 3 is 1.82 bits per heavy atom. The Kier molecular flexibility index (Phi) is 5.57. The van der Waals surface area contributed by atoms with Crippen LogP contribution >= 0.6 is 0 Å². The van der Waals surface area contributed by atoms with E-state index >= 15 is 0 Å². The first-order valence-corrected chi connectivity index (χ1v) is 16.7. The molecule has 0 saturated heterocycles. The third-order valence-electron chi connectivity index (χ3n) is 9.97. The van der Waals surface area contributed by atoms with Crippen molar-refractivity contribution in [1.82, 2.24) is 28.9 Å². The molecule has 11 rings (SSSR count). The topological polar surface area (TPSA) is 60.9 Å². The maximum atomic E-state index is 5.20. The van der Waals surface area contributed by atoms with Crippen LogP contribution in [0.4, 0.5) is 0 Å². The lowest BCUT2D eigenvalue weighted by molar-refractivity contribution is 0.953. The largest absolute Gasteiger partial charge is 0.293 e. The lowest BCUT2D eigenvalue weighted by Crippen LogP contribution is -2.06. The van der Waals surface area contributed by atoms with Crippen LogP contribution in [0, 0.1) is 0 Å². The monoisotopic (exact) mass is 638 g/mol. The third kappa shape index (κ3) is 3.78. The molecule has 6 nitrogen and oxygen atoms in total. The molecule has 0 aliphatic heterocycles. The van der Waals surface area contributed by atoms with Gasteiger partial charge in [-0.1, -0.05) is 115 Å². The van der Waals surface area contributed by atoms with Crippen LogP contribution in [0.25, 0.3) is 99.9 Å². The zero-order valence-electron chi connectivity index (χ0n) is 26.7. The summed E-state index contributed by atoms with van der Waals surface area (Å²) in [4.78, 5) is 20.2. The highest BCUT2D eigenvalue weighted by molar-refractivity contribution is 6.26. The quantitative estimate of drug-likeness (QED) is 0.192. The van der Waals surface area contributed by atoms with Crippen LogP contribution in [0.15, 0.2) is 158 Å². The Hall–Kier alpha value is -6.92. The van der Waals surface area contributed by atoms with E-state index in [1.165, 1.54) is 21.7 Å². The van der Waals surface area contributed by atoms with E-state index in [2.05, 4.69) is 124 Å². The van der Waals surface area contributed by atoms with Gasteiger partial charge in [0.25, 0.3) is 0 Å². The van der Waals surface area contributed by atoms with Crippen LogP contribution in [0.2, 0.25) is 0 Å². The summed E-state index contributed by atoms with van der Waals surface area (Å²) < 4.78 is 4.48. The Morgan fingerprint density at radius 1 is 0.420 bits per heavy atom. The van der Waals surface area contributed by atoms with Crippen molar-refractivity contribution < 1.29 is 0 Å². The fraction of sp³-hybridized carbons (Fsp3) is 0. The number of hydrogen-bond donors (Lipinski definition) is 0. The molecule has 0 N–H and O–H groups in total. The summed E-state index contributed by atoms with van der Waals surface area (Å²) in [7, 11) is 0. The second-order valence-corrected chi connectivity index (χ2v) is 12.7. The van der Waals surface area contributed by atoms with Crippen LogP contribution in [-0.4, -0.2) is 28.9 Å². The van der Waals surface area contributed by atoms with Gasteiger partial charge in [-0.3, -0.25) is 8.97 Å². The summed E-state index contributed by atoms with van der Waals surface area (Å²) in [6.07, 6.45) is 1.88. The van der Waals surface area contributed by atoms with Crippen LogP contribution in [0.1, 0.15) is 0 Å². The number of hydrogen-bond acceptors (Lipinski definition) is 4. The molecule has 0 bridgehead atoms. The SMILES string of the molecule is c1ccc(-c2nc(-c3cccc(-c4ccc5c6cccnc6n6c7ccccc7c4c56)c3)nc(-n3c4ccccc4c4ccccc43)n2)cc1. The van der Waals surface area contributed by atoms with Gasteiger partial charge in [0.15, 0.2) is 11.6 Å². The zero-order valence-corrected chi connectivity index (χ0v) is 26.7. The van der Waals surface area contributed by atoms with Crippen molar-refractivity contribution in [3.8, 4) is 39.9 Å². The Balaban J connectivity index is 1.16. The first-order chi connectivity index (χ1) is 24.8. The smallest absolute Gasteiger partial charge is 0.238 e. The highest BCUT2D eigenvalue weighted by atomic mass is 15.2. The fourth-order valence-corrected chi connectivity index (χ4v) is 7.83. The van der Waals surface area contributed by atoms with E-state index in [9.17, 15) is 0 Å². The molecule has 0 spiro atoms. The molecule has 0 fully saturated rings. The number of nitrogens with zero attached hydrogens (tertiary/aromatic N) is 6. The van der Waals surface area contributed by atoms with E-state index in [-0.39, 0.29) is 0 Å². The molecule has 0 aliphatic carbocycles. The first kappa shape index (κ1) is 27.1. The van der Waals surface area contributed by atoms with E-state index in [0.29, 0.717) is 17.6 Å². The molecule has 11 aromatic rings. The van der Waals surface area contributed by atoms with Gasteiger partial charge < -0.3 is 0 Å². The second-order valence-electron chi connectivity index (χ2n) is 12.7. The highest BCUT2D eigenvalue weighted by Gasteiger charge is 2.22. The van der Waals surface area contributed by atoms with Gasteiger partial charge in [0.2, 0.25) is 5.95 Å². The molecule has 0 amide bonds. The van der Waals surface area contributed by atoms with Gasteiger partial charge in [-0.05, 0) is 47.5 Å². The number of fused-ring (bicyclic) bond motifs is 9. The molecule has 50 heavy (non-hydrogen) atoms. The fourth-order valence-electron chi connectivity index (χ4n) is 7.83. The van der Waals surface area contributed by atoms with Crippen molar-refractivity contribution >= 4 is 60.0 Å². The predicted octanol–water partition coefficient (Wildman–Crippen LogP) is 10.5. The minimum Gasteiger partial charge on any atom is -0.293 e. The van der Waals surface area contributed by atoms with Gasteiger partial charge in [0, 0.05) is 49.6 Å². The molecule has 5 heterocycles. The van der Waals surface area contributed by atoms with Crippen molar-refractivity contribution in [2.24, 2.45) is 0 Å². The number of rotatable bonds is 4. The molecule has 0 atom stereocenters. The molecular formula is C44H26N6. The summed E-state index contributed by atoms with van der Waals surface area (Å²) in [5.74, 6) is 1.83. The average molecular weight is 639 g/mol. The predicted molar refractivity (Wildman–Crippen MR) is 203 cm³/mol. The summed E-state index contributed by atoms with van der Waals surface area (Å²) >= 11 is 0. The van der Waals surface area contributed by atoms with Crippen molar-refractivity contribution in [3.63, 3.8) is 0 Å². The molecule has 0 aliphatic rings. The minimum atomic E-state index is 0.586. The third-order valence-corrected chi connectivity index (χ3v) is 9.97. The normalized spacial score (nSPS) is 12.0. The summed E-state index contributed by atoms with van der Waals surface area (Å²) in [6.45, 7) is 0. The molecule has 232 valence electrons. The maximum absolute atomic E-state index is 5.20. The molecule has 0 saturated carbocycles. The van der Waals surface area contributed by atoms with Gasteiger partial charge in [0.05, 0.1) is 22.1 Å². The standard InChI is InChI=1S/C44H26N6/c1-2-12-27(13-3-1)41-46-42(48-44(47-41)49-36-20-7-4-16-31(36)32-17-5-8-21-37(32)49)29-15-10-14-28(26-29)30-23-24-33-34-19-11-25-45-43(34)50-38-22-9-6-18-35(38)39(30)40(33)50/h1-26H. The van der Waals surface area contributed by atoms with Gasteiger partial charge in [-0.2, -0.15) is 9.97 Å². The Labute approximate surface area is 285 Å². The van der Waals surface area contributed by atoms with Crippen LogP contribution in [-0.2, 0) is 0 Å². The van der Waals surface area contributed by atoms with Crippen molar-refractivity contribution in [2.75, 3.05) is 0 Å². The van der Waals surface area contributed by atoms with Crippen molar-refractivity contribution in [2.45, 2.75) is 0 Å². The van der Waals surface area contributed by atoms with E-state index in [1.54, 1.807) is 0 Å². The minimum absolute atomic E-state index is 0.586. The lowest BCUT2D eigenvalue weighted by atomic mass is 9.96. The number of pyridine rings is 1. The number of aromatic nitrogens is 6. The van der Waals surface area contributed by atoms with Gasteiger partial charge in [-0.25, -0.2) is 9.97 Å². The molecule has 5 aromatic heterocycles. The molecule has 0 radical (unpaired) electrons. The summed E-state index contributed by atoms with van der Waals surface area (Å²) in [5, 5.41) is 7.13. The highest BCUT2D eigenvalue weighted by Crippen LogP contribution is 2.43. The summed E-state index contributed by atoms with van der Waals surface area (Å²) in [6, 6.07) is 52.9. The van der Waals surface area contributed by atoms with Crippen LogP contribution < -0.4 is 0 Å². The summed E-state index contributed by atoms with van der Waals surface area (Å²) in [5.41, 5.74) is 9.56. The Morgan fingerprint density at radius 2 is 1.04 bits per heavy atom. The second kappa shape index (κ2) is 10.3. The van der Waals surface area contributed by atoms with Gasteiger partial charge in [-0.15, -0.1) is 0 Å². The molecule has 0 unspecified atom stereocenters. The lowest BCUT2D eigenvalue weighted by Gasteiger charge is -2.12. The molecule has 6 heteroatoms. The zero-order chi connectivity index (χ0) is 32.8. The van der Waals surface area contributed by atoms with Crippen molar-refractivity contribution in [3.05, 3.63) is 158 Å². The van der Waals surface area contributed by atoms with Crippen LogP contribution in [0.5, 0.6) is 0 Å². The first-order valence-electron chi connectivity index (χ1n) is 16.7. The van der Waals surface area contributed by atoms with E-state index in [0.717, 1.165) is 60.6 Å². The van der Waals surface area contributed by atoms with Gasteiger partial charge in [0.1, 0.15) is 5.65 Å². The number of benzene rings is 6. The number of para-hydroxylation sites is 3. The van der Waals surface area contributed by atoms with E-state index < -0.39 is 0 Å². The van der Waals surface area contributed by atoms with Gasteiger partial charge >= 0.3 is 0 Å². The van der Waals surface area contributed by atoms with E-state index in [4.69, 9.17) is 19.9 Å². The average Bonchev–Trinajstić information content (AvgIpc) is 3.83. The van der Waals surface area contributed by atoms with Crippen LogP contribution in [0.3, 0.4) is 0 Å².